The van der Waals surface area contributed by atoms with Crippen LogP contribution in [-0.4, -0.2) is 35.4 Å². The highest BCUT2D eigenvalue weighted by Gasteiger charge is 2.27. The molecule has 1 aliphatic rings. The number of anilines is 2. The number of piperidine rings is 1. The Hall–Kier alpha value is -1.82. The summed E-state index contributed by atoms with van der Waals surface area (Å²) in [6, 6.07) is 2.25. The summed E-state index contributed by atoms with van der Waals surface area (Å²) in [4.78, 5) is 12.7. The molecule has 6 heteroatoms. The summed E-state index contributed by atoms with van der Waals surface area (Å²) in [5, 5.41) is 18.8. The van der Waals surface area contributed by atoms with E-state index in [2.05, 4.69) is 0 Å². The van der Waals surface area contributed by atoms with Gasteiger partial charge in [0, 0.05) is 18.8 Å². The number of hydrogen-bond donors (Lipinski definition) is 3. The van der Waals surface area contributed by atoms with E-state index in [0.29, 0.717) is 13.1 Å². The van der Waals surface area contributed by atoms with Gasteiger partial charge in [0.05, 0.1) is 17.4 Å². The normalized spacial score (nSPS) is 23.4. The van der Waals surface area contributed by atoms with Gasteiger partial charge in [-0.05, 0) is 24.5 Å². The number of halogens is 1. The number of nitrogen functional groups attached to an aromatic ring is 1. The lowest BCUT2D eigenvalue weighted by atomic mass is 9.95. The molecule has 1 saturated heterocycles. The minimum atomic E-state index is -1.19. The molecule has 0 aromatic heterocycles. The fraction of sp³-hybridized carbons (Fsp3) is 0.462. The Morgan fingerprint density at radius 2 is 2.21 bits per heavy atom. The van der Waals surface area contributed by atoms with Crippen LogP contribution in [0.4, 0.5) is 15.8 Å². The number of nitrogens with zero attached hydrogens (tertiary/aromatic N) is 1. The van der Waals surface area contributed by atoms with Crippen LogP contribution in [0.15, 0.2) is 12.1 Å². The highest BCUT2D eigenvalue weighted by atomic mass is 19.1. The number of rotatable bonds is 2. The molecule has 1 aliphatic heterocycles. The first kappa shape index (κ1) is 13.6. The maximum Gasteiger partial charge on any atom is 0.337 e. The molecule has 1 aromatic rings. The average Bonchev–Trinajstić information content (AvgIpc) is 2.32. The van der Waals surface area contributed by atoms with E-state index in [1.165, 1.54) is 6.07 Å². The molecule has 1 heterocycles. The zero-order chi connectivity index (χ0) is 14.2. The van der Waals surface area contributed by atoms with E-state index in [-0.39, 0.29) is 22.9 Å². The zero-order valence-electron chi connectivity index (χ0n) is 10.6. The quantitative estimate of drug-likeness (QED) is 0.704. The lowest BCUT2D eigenvalue weighted by Crippen LogP contribution is -2.43. The number of β-amino-alcohol motifs (C(OH)–C–C–N with tert-alkyl or cyclic N) is 1. The number of aromatic carboxylic acids is 1. The monoisotopic (exact) mass is 268 g/mol. The number of benzene rings is 1. The molecule has 1 fully saturated rings. The van der Waals surface area contributed by atoms with Gasteiger partial charge in [-0.1, -0.05) is 6.92 Å². The minimum Gasteiger partial charge on any atom is -0.478 e. The number of aliphatic hydroxyl groups excluding tert-OH is 1. The molecule has 2 atom stereocenters. The summed E-state index contributed by atoms with van der Waals surface area (Å²) in [6.45, 7) is 2.81. The fourth-order valence-electron chi connectivity index (χ4n) is 2.27. The van der Waals surface area contributed by atoms with Gasteiger partial charge in [-0.2, -0.15) is 0 Å². The van der Waals surface area contributed by atoms with Crippen molar-refractivity contribution in [1.82, 2.24) is 0 Å². The lowest BCUT2D eigenvalue weighted by molar-refractivity contribution is 0.0698. The van der Waals surface area contributed by atoms with Gasteiger partial charge in [-0.15, -0.1) is 0 Å². The summed E-state index contributed by atoms with van der Waals surface area (Å²) >= 11 is 0. The van der Waals surface area contributed by atoms with Crippen LogP contribution in [0.3, 0.4) is 0 Å². The van der Waals surface area contributed by atoms with Gasteiger partial charge < -0.3 is 20.8 Å². The van der Waals surface area contributed by atoms with Gasteiger partial charge >= 0.3 is 5.97 Å². The van der Waals surface area contributed by atoms with Crippen molar-refractivity contribution in [2.24, 2.45) is 5.92 Å². The van der Waals surface area contributed by atoms with E-state index >= 15 is 0 Å². The van der Waals surface area contributed by atoms with Gasteiger partial charge in [0.25, 0.3) is 0 Å². The molecule has 0 spiro atoms. The largest absolute Gasteiger partial charge is 0.478 e. The van der Waals surface area contributed by atoms with Crippen molar-refractivity contribution < 1.29 is 19.4 Å². The fourth-order valence-corrected chi connectivity index (χ4v) is 2.27. The van der Waals surface area contributed by atoms with Crippen LogP contribution in [0.1, 0.15) is 23.7 Å². The molecule has 2 rings (SSSR count). The van der Waals surface area contributed by atoms with Crippen LogP contribution in [0, 0.1) is 11.7 Å². The second-order valence-electron chi connectivity index (χ2n) is 4.98. The minimum absolute atomic E-state index is 0.0975. The summed E-state index contributed by atoms with van der Waals surface area (Å²) in [6.07, 6.45) is 0.187. The first-order valence-electron chi connectivity index (χ1n) is 6.15. The molecule has 0 aliphatic carbocycles. The molecule has 104 valence electrons. The van der Waals surface area contributed by atoms with Crippen molar-refractivity contribution >= 4 is 17.3 Å². The van der Waals surface area contributed by atoms with Crippen molar-refractivity contribution in [2.75, 3.05) is 23.7 Å². The molecule has 0 saturated carbocycles. The number of aliphatic hydroxyl groups is 1. The predicted molar refractivity (Wildman–Crippen MR) is 69.8 cm³/mol. The topological polar surface area (TPSA) is 86.8 Å². The molecule has 1 aromatic carbocycles. The van der Waals surface area contributed by atoms with Crippen LogP contribution < -0.4 is 10.6 Å². The molecule has 19 heavy (non-hydrogen) atoms. The summed E-state index contributed by atoms with van der Waals surface area (Å²) in [5.74, 6) is -1.60. The van der Waals surface area contributed by atoms with Gasteiger partial charge in [-0.3, -0.25) is 0 Å². The Balaban J connectivity index is 2.34. The Morgan fingerprint density at radius 3 is 2.79 bits per heavy atom. The van der Waals surface area contributed by atoms with Gasteiger partial charge in [-0.25, -0.2) is 9.18 Å². The molecular formula is C13H17FN2O3. The molecule has 5 nitrogen and oxygen atoms in total. The average molecular weight is 268 g/mol. The van der Waals surface area contributed by atoms with E-state index in [0.717, 1.165) is 12.5 Å². The Labute approximate surface area is 110 Å². The molecular weight excluding hydrogens is 251 g/mol. The molecule has 4 N–H and O–H groups in total. The van der Waals surface area contributed by atoms with Gasteiger partial charge in [0.2, 0.25) is 0 Å². The molecule has 2 unspecified atom stereocenters. The SMILES string of the molecule is CC1CCN(c2cc(C(=O)O)c(N)cc2F)CC1O. The first-order chi connectivity index (χ1) is 8.90. The Morgan fingerprint density at radius 1 is 1.53 bits per heavy atom. The summed E-state index contributed by atoms with van der Waals surface area (Å²) in [5.41, 5.74) is 5.44. The predicted octanol–water partition coefficient (Wildman–Crippen LogP) is 1.31. The highest BCUT2D eigenvalue weighted by Crippen LogP contribution is 2.29. The van der Waals surface area contributed by atoms with Crippen LogP contribution in [0.25, 0.3) is 0 Å². The third-order valence-corrected chi connectivity index (χ3v) is 3.61. The van der Waals surface area contributed by atoms with Crippen molar-refractivity contribution in [3.8, 4) is 0 Å². The van der Waals surface area contributed by atoms with E-state index in [9.17, 15) is 14.3 Å². The standard InChI is InChI=1S/C13H17FN2O3/c1-7-2-3-16(6-12(7)17)11-4-8(13(18)19)10(15)5-9(11)14/h4-5,7,12,17H,2-3,6,15H2,1H3,(H,18,19). The second kappa shape index (κ2) is 5.05. The van der Waals surface area contributed by atoms with Crippen LogP contribution in [0.5, 0.6) is 0 Å². The third kappa shape index (κ3) is 2.63. The number of nitrogens with two attached hydrogens (primary N) is 1. The van der Waals surface area contributed by atoms with Crippen molar-refractivity contribution in [3.63, 3.8) is 0 Å². The zero-order valence-corrected chi connectivity index (χ0v) is 10.6. The Bertz CT molecular complexity index is 507. The summed E-state index contributed by atoms with van der Waals surface area (Å²) in [7, 11) is 0. The molecule has 0 bridgehead atoms. The van der Waals surface area contributed by atoms with Crippen LogP contribution >= 0.6 is 0 Å². The number of carboxylic acid groups (broad SMARTS) is 1. The molecule has 0 radical (unpaired) electrons. The lowest BCUT2D eigenvalue weighted by Gasteiger charge is -2.36. The number of hydrogen-bond acceptors (Lipinski definition) is 4. The van der Waals surface area contributed by atoms with Crippen molar-refractivity contribution in [3.05, 3.63) is 23.5 Å². The van der Waals surface area contributed by atoms with Crippen molar-refractivity contribution in [1.29, 1.82) is 0 Å². The van der Waals surface area contributed by atoms with Crippen LogP contribution in [-0.2, 0) is 0 Å². The van der Waals surface area contributed by atoms with E-state index in [1.807, 2.05) is 6.92 Å². The maximum absolute atomic E-state index is 13.9. The maximum atomic E-state index is 13.9. The second-order valence-corrected chi connectivity index (χ2v) is 4.98. The Kier molecular flexibility index (Phi) is 3.61. The third-order valence-electron chi connectivity index (χ3n) is 3.61. The van der Waals surface area contributed by atoms with Gasteiger partial charge in [0.1, 0.15) is 5.82 Å². The molecule has 0 amide bonds. The van der Waals surface area contributed by atoms with E-state index in [4.69, 9.17) is 10.8 Å². The van der Waals surface area contributed by atoms with Crippen molar-refractivity contribution in [2.45, 2.75) is 19.4 Å². The smallest absolute Gasteiger partial charge is 0.337 e. The van der Waals surface area contributed by atoms with E-state index in [1.54, 1.807) is 4.90 Å². The highest BCUT2D eigenvalue weighted by molar-refractivity contribution is 5.95. The first-order valence-corrected chi connectivity index (χ1v) is 6.15. The van der Waals surface area contributed by atoms with Gasteiger partial charge in [0.15, 0.2) is 0 Å². The summed E-state index contributed by atoms with van der Waals surface area (Å²) < 4.78 is 13.9. The van der Waals surface area contributed by atoms with E-state index < -0.39 is 17.9 Å². The number of carboxylic acids is 1. The number of carbonyl (C=O) groups is 1. The van der Waals surface area contributed by atoms with Crippen LogP contribution in [0.2, 0.25) is 0 Å².